The van der Waals surface area contributed by atoms with Crippen molar-refractivity contribution in [3.8, 4) is 22.7 Å². The molecule has 0 bridgehead atoms. The molecule has 0 spiro atoms. The second-order valence-corrected chi connectivity index (χ2v) is 7.17. The van der Waals surface area contributed by atoms with Gasteiger partial charge in [0.25, 0.3) is 0 Å². The van der Waals surface area contributed by atoms with Gasteiger partial charge in [-0.05, 0) is 30.7 Å². The van der Waals surface area contributed by atoms with Gasteiger partial charge in [-0.15, -0.1) is 0 Å². The lowest BCUT2D eigenvalue weighted by Crippen LogP contribution is -2.10. The zero-order valence-electron chi connectivity index (χ0n) is 17.4. The van der Waals surface area contributed by atoms with Crippen molar-refractivity contribution < 1.29 is 14.3 Å². The van der Waals surface area contributed by atoms with Crippen molar-refractivity contribution in [2.75, 3.05) is 6.61 Å². The molecule has 31 heavy (non-hydrogen) atoms. The molecule has 0 amide bonds. The quantitative estimate of drug-likeness (QED) is 0.366. The molecule has 0 N–H and O–H groups in total. The van der Waals surface area contributed by atoms with E-state index in [1.807, 2.05) is 103 Å². The lowest BCUT2D eigenvalue weighted by Gasteiger charge is -2.09. The average Bonchev–Trinajstić information content (AvgIpc) is 3.24. The Morgan fingerprint density at radius 3 is 2.32 bits per heavy atom. The molecule has 0 aliphatic heterocycles. The second kappa shape index (κ2) is 9.76. The molecule has 1 heterocycles. The average molecular weight is 412 g/mol. The van der Waals surface area contributed by atoms with Gasteiger partial charge >= 0.3 is 5.97 Å². The van der Waals surface area contributed by atoms with E-state index in [2.05, 4.69) is 0 Å². The van der Waals surface area contributed by atoms with Crippen molar-refractivity contribution in [2.45, 2.75) is 20.0 Å². The van der Waals surface area contributed by atoms with Gasteiger partial charge in [-0.3, -0.25) is 4.79 Å². The third kappa shape index (κ3) is 5.20. The Morgan fingerprint density at radius 1 is 0.903 bits per heavy atom. The topological polar surface area (TPSA) is 53.4 Å². The van der Waals surface area contributed by atoms with E-state index in [9.17, 15) is 4.79 Å². The Labute approximate surface area is 181 Å². The number of aryl methyl sites for hydroxylation is 1. The van der Waals surface area contributed by atoms with Crippen molar-refractivity contribution in [1.29, 1.82) is 0 Å². The van der Waals surface area contributed by atoms with Gasteiger partial charge in [-0.25, -0.2) is 4.68 Å². The van der Waals surface area contributed by atoms with E-state index in [-0.39, 0.29) is 25.6 Å². The smallest absolute Gasteiger partial charge is 0.309 e. The monoisotopic (exact) mass is 412 g/mol. The van der Waals surface area contributed by atoms with Crippen LogP contribution in [0.2, 0.25) is 0 Å². The maximum atomic E-state index is 12.3. The van der Waals surface area contributed by atoms with Crippen LogP contribution in [0, 0.1) is 6.92 Å². The van der Waals surface area contributed by atoms with Crippen molar-refractivity contribution in [3.63, 3.8) is 0 Å². The molecule has 0 atom stereocenters. The largest absolute Gasteiger partial charge is 0.493 e. The van der Waals surface area contributed by atoms with Crippen LogP contribution in [0.25, 0.3) is 16.9 Å². The number of ether oxygens (including phenoxy) is 2. The minimum absolute atomic E-state index is 0.153. The summed E-state index contributed by atoms with van der Waals surface area (Å²) in [6.45, 7) is 2.40. The predicted molar refractivity (Wildman–Crippen MR) is 120 cm³/mol. The fourth-order valence-electron chi connectivity index (χ4n) is 3.26. The molecule has 0 fully saturated rings. The summed E-state index contributed by atoms with van der Waals surface area (Å²) >= 11 is 0. The maximum absolute atomic E-state index is 12.3. The van der Waals surface area contributed by atoms with Gasteiger partial charge in [0.15, 0.2) is 0 Å². The normalized spacial score (nSPS) is 10.6. The summed E-state index contributed by atoms with van der Waals surface area (Å²) in [6, 6.07) is 27.5. The first-order valence-corrected chi connectivity index (χ1v) is 10.2. The third-order valence-corrected chi connectivity index (χ3v) is 4.90. The predicted octanol–water partition coefficient (Wildman–Crippen LogP) is 5.36. The second-order valence-electron chi connectivity index (χ2n) is 7.17. The Bertz CT molecular complexity index is 1140. The van der Waals surface area contributed by atoms with Crippen molar-refractivity contribution in [1.82, 2.24) is 9.78 Å². The Balaban J connectivity index is 1.43. The van der Waals surface area contributed by atoms with E-state index in [1.54, 1.807) is 0 Å². The van der Waals surface area contributed by atoms with Crippen molar-refractivity contribution in [2.24, 2.45) is 0 Å². The number of esters is 1. The first-order chi connectivity index (χ1) is 15.2. The Hall–Kier alpha value is -3.86. The number of para-hydroxylation sites is 2. The van der Waals surface area contributed by atoms with Crippen LogP contribution in [0.5, 0.6) is 5.75 Å². The standard InChI is InChI=1S/C26H24N2O3/c1-20-10-8-9-15-24(20)30-17-16-25(29)31-19-22-18-28(23-13-6-3-7-14-23)27-26(22)21-11-4-2-5-12-21/h2-15,18H,16-17,19H2,1H3. The summed E-state index contributed by atoms with van der Waals surface area (Å²) in [5.41, 5.74) is 4.61. The van der Waals surface area contributed by atoms with Crippen LogP contribution in [0.15, 0.2) is 91.1 Å². The van der Waals surface area contributed by atoms with E-state index in [0.29, 0.717) is 0 Å². The van der Waals surface area contributed by atoms with Gasteiger partial charge < -0.3 is 9.47 Å². The number of aromatic nitrogens is 2. The van der Waals surface area contributed by atoms with E-state index in [4.69, 9.17) is 14.6 Å². The summed E-state index contributed by atoms with van der Waals surface area (Å²) in [4.78, 5) is 12.3. The summed E-state index contributed by atoms with van der Waals surface area (Å²) in [5.74, 6) is 0.478. The molecule has 1 aromatic heterocycles. The molecule has 4 rings (SSSR count). The molecule has 0 aliphatic rings. The van der Waals surface area contributed by atoms with E-state index < -0.39 is 0 Å². The fourth-order valence-corrected chi connectivity index (χ4v) is 3.26. The lowest BCUT2D eigenvalue weighted by molar-refractivity contribution is -0.145. The summed E-state index contributed by atoms with van der Waals surface area (Å²) < 4.78 is 13.0. The zero-order valence-corrected chi connectivity index (χ0v) is 17.4. The SMILES string of the molecule is Cc1ccccc1OCCC(=O)OCc1cn(-c2ccccc2)nc1-c1ccccc1. The van der Waals surface area contributed by atoms with Crippen molar-refractivity contribution in [3.05, 3.63) is 102 Å². The van der Waals surface area contributed by atoms with E-state index in [1.165, 1.54) is 0 Å². The van der Waals surface area contributed by atoms with Gasteiger partial charge in [-0.1, -0.05) is 66.7 Å². The van der Waals surface area contributed by atoms with Crippen LogP contribution in [0.4, 0.5) is 0 Å². The lowest BCUT2D eigenvalue weighted by atomic mass is 10.1. The molecule has 0 aliphatic carbocycles. The number of carbonyl (C=O) groups is 1. The first-order valence-electron chi connectivity index (χ1n) is 10.2. The molecular formula is C26H24N2O3. The number of nitrogens with zero attached hydrogens (tertiary/aromatic N) is 2. The van der Waals surface area contributed by atoms with Gasteiger partial charge in [0.2, 0.25) is 0 Å². The molecule has 4 aromatic rings. The number of rotatable bonds is 8. The molecule has 5 nitrogen and oxygen atoms in total. The highest BCUT2D eigenvalue weighted by Crippen LogP contribution is 2.24. The highest BCUT2D eigenvalue weighted by atomic mass is 16.5. The Kier molecular flexibility index (Phi) is 6.43. The maximum Gasteiger partial charge on any atom is 0.309 e. The first kappa shape index (κ1) is 20.4. The van der Waals surface area contributed by atoms with Crippen LogP contribution in [-0.2, 0) is 16.1 Å². The van der Waals surface area contributed by atoms with Crippen LogP contribution in [-0.4, -0.2) is 22.4 Å². The highest BCUT2D eigenvalue weighted by molar-refractivity contribution is 5.70. The molecule has 0 saturated carbocycles. The molecule has 0 unspecified atom stereocenters. The molecule has 156 valence electrons. The van der Waals surface area contributed by atoms with Gasteiger partial charge in [0.1, 0.15) is 12.4 Å². The van der Waals surface area contributed by atoms with Gasteiger partial charge in [-0.2, -0.15) is 5.10 Å². The van der Waals surface area contributed by atoms with Gasteiger partial charge in [0, 0.05) is 17.3 Å². The van der Waals surface area contributed by atoms with Gasteiger partial charge in [0.05, 0.1) is 24.4 Å². The summed E-state index contributed by atoms with van der Waals surface area (Å²) in [7, 11) is 0. The molecule has 0 saturated heterocycles. The number of carbonyl (C=O) groups excluding carboxylic acids is 1. The van der Waals surface area contributed by atoms with E-state index >= 15 is 0 Å². The van der Waals surface area contributed by atoms with Crippen LogP contribution in [0.3, 0.4) is 0 Å². The van der Waals surface area contributed by atoms with Crippen LogP contribution >= 0.6 is 0 Å². The van der Waals surface area contributed by atoms with Crippen molar-refractivity contribution >= 4 is 5.97 Å². The van der Waals surface area contributed by atoms with E-state index in [0.717, 1.165) is 33.8 Å². The molecule has 3 aromatic carbocycles. The fraction of sp³-hybridized carbons (Fsp3) is 0.154. The minimum atomic E-state index is -0.306. The molecule has 5 heteroatoms. The minimum Gasteiger partial charge on any atom is -0.493 e. The highest BCUT2D eigenvalue weighted by Gasteiger charge is 2.14. The van der Waals surface area contributed by atoms with Crippen LogP contribution < -0.4 is 4.74 Å². The molecular weight excluding hydrogens is 388 g/mol. The summed E-state index contributed by atoms with van der Waals surface area (Å²) in [6.07, 6.45) is 2.09. The number of hydrogen-bond donors (Lipinski definition) is 0. The Morgan fingerprint density at radius 2 is 1.58 bits per heavy atom. The molecule has 0 radical (unpaired) electrons. The summed E-state index contributed by atoms with van der Waals surface area (Å²) in [5, 5.41) is 4.74. The third-order valence-electron chi connectivity index (χ3n) is 4.90. The zero-order chi connectivity index (χ0) is 21.5. The number of benzene rings is 3. The number of hydrogen-bond acceptors (Lipinski definition) is 4. The van der Waals surface area contributed by atoms with Crippen LogP contribution in [0.1, 0.15) is 17.5 Å².